The Balaban J connectivity index is 2.34. The zero-order chi connectivity index (χ0) is 13.3. The van der Waals surface area contributed by atoms with Crippen LogP contribution in [0, 0.1) is 6.92 Å². The number of rotatable bonds is 2. The summed E-state index contributed by atoms with van der Waals surface area (Å²) < 4.78 is 6.01. The first kappa shape index (κ1) is 12.7. The van der Waals surface area contributed by atoms with Crippen molar-refractivity contribution >= 4 is 33.2 Å². The first-order valence-electron chi connectivity index (χ1n) is 5.38. The molecule has 1 amide bonds. The molecular weight excluding hydrogens is 296 g/mol. The third kappa shape index (κ3) is 2.26. The maximum Gasteiger partial charge on any atom is 0.261 e. The summed E-state index contributed by atoms with van der Waals surface area (Å²) in [6, 6.07) is 7.06. The summed E-state index contributed by atoms with van der Waals surface area (Å²) in [4.78, 5) is 13.8. The minimum absolute atomic E-state index is 0.143. The molecule has 0 saturated carbocycles. The molecule has 2 aromatic rings. The van der Waals surface area contributed by atoms with Gasteiger partial charge in [0.15, 0.2) is 0 Å². The fourth-order valence-corrected chi connectivity index (χ4v) is 2.11. The van der Waals surface area contributed by atoms with E-state index in [-0.39, 0.29) is 5.91 Å². The molecule has 0 aliphatic heterocycles. The number of nitrogen functional groups attached to an aromatic ring is 1. The van der Waals surface area contributed by atoms with Gasteiger partial charge in [0.05, 0.1) is 23.2 Å². The molecule has 0 unspecified atom stereocenters. The standard InChI is InChI=1S/C13H13BrN2O2/c1-8-10(5-6-18-8)13(17)16(2)12-4-3-9(14)7-11(12)15/h3-7H,15H2,1-2H3. The molecule has 18 heavy (non-hydrogen) atoms. The van der Waals surface area contributed by atoms with Crippen molar-refractivity contribution in [1.82, 2.24) is 0 Å². The van der Waals surface area contributed by atoms with Crippen LogP contribution in [0.5, 0.6) is 0 Å². The van der Waals surface area contributed by atoms with Crippen LogP contribution in [-0.4, -0.2) is 13.0 Å². The Morgan fingerprint density at radius 1 is 1.39 bits per heavy atom. The minimum atomic E-state index is -0.143. The first-order valence-corrected chi connectivity index (χ1v) is 6.17. The van der Waals surface area contributed by atoms with Crippen LogP contribution in [0.4, 0.5) is 11.4 Å². The highest BCUT2D eigenvalue weighted by atomic mass is 79.9. The molecule has 1 aromatic carbocycles. The topological polar surface area (TPSA) is 59.5 Å². The Morgan fingerprint density at radius 3 is 2.67 bits per heavy atom. The molecule has 5 heteroatoms. The lowest BCUT2D eigenvalue weighted by atomic mass is 10.2. The minimum Gasteiger partial charge on any atom is -0.469 e. The number of amides is 1. The number of hydrogen-bond donors (Lipinski definition) is 1. The number of hydrogen-bond acceptors (Lipinski definition) is 3. The summed E-state index contributed by atoms with van der Waals surface area (Å²) >= 11 is 3.33. The van der Waals surface area contributed by atoms with Gasteiger partial charge in [-0.2, -0.15) is 0 Å². The number of nitrogens with two attached hydrogens (primary N) is 1. The van der Waals surface area contributed by atoms with E-state index in [0.29, 0.717) is 22.7 Å². The number of carbonyl (C=O) groups excluding carboxylic acids is 1. The highest BCUT2D eigenvalue weighted by molar-refractivity contribution is 9.10. The van der Waals surface area contributed by atoms with E-state index in [4.69, 9.17) is 10.2 Å². The molecule has 0 fully saturated rings. The predicted molar refractivity (Wildman–Crippen MR) is 74.7 cm³/mol. The molecular formula is C13H13BrN2O2. The zero-order valence-electron chi connectivity index (χ0n) is 10.1. The Bertz CT molecular complexity index is 592. The maximum absolute atomic E-state index is 12.3. The third-order valence-electron chi connectivity index (χ3n) is 2.74. The van der Waals surface area contributed by atoms with Gasteiger partial charge in [-0.05, 0) is 31.2 Å². The van der Waals surface area contributed by atoms with Crippen molar-refractivity contribution in [2.75, 3.05) is 17.7 Å². The summed E-state index contributed by atoms with van der Waals surface area (Å²) in [5, 5.41) is 0. The third-order valence-corrected chi connectivity index (χ3v) is 3.24. The molecule has 0 radical (unpaired) electrons. The summed E-state index contributed by atoms with van der Waals surface area (Å²) in [5.74, 6) is 0.456. The number of furan rings is 1. The van der Waals surface area contributed by atoms with Crippen molar-refractivity contribution in [3.63, 3.8) is 0 Å². The summed E-state index contributed by atoms with van der Waals surface area (Å²) in [6.07, 6.45) is 1.50. The largest absolute Gasteiger partial charge is 0.469 e. The van der Waals surface area contributed by atoms with Crippen molar-refractivity contribution in [2.45, 2.75) is 6.92 Å². The Morgan fingerprint density at radius 2 is 2.11 bits per heavy atom. The molecule has 0 saturated heterocycles. The van der Waals surface area contributed by atoms with E-state index in [0.717, 1.165) is 4.47 Å². The van der Waals surface area contributed by atoms with Crippen molar-refractivity contribution in [3.05, 3.63) is 46.3 Å². The van der Waals surface area contributed by atoms with Gasteiger partial charge in [0, 0.05) is 11.5 Å². The maximum atomic E-state index is 12.3. The summed E-state index contributed by atoms with van der Waals surface area (Å²) in [5.41, 5.74) is 7.66. The van der Waals surface area contributed by atoms with Crippen LogP contribution >= 0.6 is 15.9 Å². The van der Waals surface area contributed by atoms with Crippen LogP contribution in [0.15, 0.2) is 39.4 Å². The SMILES string of the molecule is Cc1occc1C(=O)N(C)c1ccc(Br)cc1N. The van der Waals surface area contributed by atoms with Crippen molar-refractivity contribution in [2.24, 2.45) is 0 Å². The number of aryl methyl sites for hydroxylation is 1. The molecule has 0 spiro atoms. The van der Waals surface area contributed by atoms with Gasteiger partial charge in [0.1, 0.15) is 5.76 Å². The first-order chi connectivity index (χ1) is 8.50. The fourth-order valence-electron chi connectivity index (χ4n) is 1.73. The average molecular weight is 309 g/mol. The Kier molecular flexibility index (Phi) is 3.43. The van der Waals surface area contributed by atoms with Gasteiger partial charge in [-0.25, -0.2) is 0 Å². The van der Waals surface area contributed by atoms with Crippen molar-refractivity contribution in [3.8, 4) is 0 Å². The summed E-state index contributed by atoms with van der Waals surface area (Å²) in [6.45, 7) is 1.76. The van der Waals surface area contributed by atoms with E-state index in [2.05, 4.69) is 15.9 Å². The monoisotopic (exact) mass is 308 g/mol. The van der Waals surface area contributed by atoms with Crippen molar-refractivity contribution < 1.29 is 9.21 Å². The molecule has 1 heterocycles. The number of carbonyl (C=O) groups is 1. The molecule has 2 rings (SSSR count). The summed E-state index contributed by atoms with van der Waals surface area (Å²) in [7, 11) is 1.69. The molecule has 0 aliphatic rings. The predicted octanol–water partition coefficient (Wildman–Crippen LogP) is 3.21. The molecule has 0 atom stereocenters. The van der Waals surface area contributed by atoms with E-state index in [1.165, 1.54) is 11.2 Å². The van der Waals surface area contributed by atoms with Gasteiger partial charge in [-0.15, -0.1) is 0 Å². The number of benzene rings is 1. The lowest BCUT2D eigenvalue weighted by Crippen LogP contribution is -2.27. The second-order valence-corrected chi connectivity index (χ2v) is 4.87. The highest BCUT2D eigenvalue weighted by Crippen LogP contribution is 2.27. The van der Waals surface area contributed by atoms with Gasteiger partial charge in [-0.3, -0.25) is 4.79 Å². The average Bonchev–Trinajstić information content (AvgIpc) is 2.74. The quantitative estimate of drug-likeness (QED) is 0.867. The molecule has 94 valence electrons. The van der Waals surface area contributed by atoms with Crippen LogP contribution < -0.4 is 10.6 Å². The lowest BCUT2D eigenvalue weighted by molar-refractivity contribution is 0.0991. The van der Waals surface area contributed by atoms with E-state index < -0.39 is 0 Å². The van der Waals surface area contributed by atoms with Crippen LogP contribution in [-0.2, 0) is 0 Å². The van der Waals surface area contributed by atoms with Gasteiger partial charge in [0.2, 0.25) is 0 Å². The highest BCUT2D eigenvalue weighted by Gasteiger charge is 2.18. The Labute approximate surface area is 114 Å². The van der Waals surface area contributed by atoms with E-state index in [9.17, 15) is 4.79 Å². The number of nitrogens with zero attached hydrogens (tertiary/aromatic N) is 1. The van der Waals surface area contributed by atoms with Gasteiger partial charge in [0.25, 0.3) is 5.91 Å². The van der Waals surface area contributed by atoms with E-state index in [1.54, 1.807) is 32.2 Å². The molecule has 0 aliphatic carbocycles. The van der Waals surface area contributed by atoms with E-state index >= 15 is 0 Å². The van der Waals surface area contributed by atoms with Gasteiger partial charge < -0.3 is 15.1 Å². The zero-order valence-corrected chi connectivity index (χ0v) is 11.7. The number of anilines is 2. The van der Waals surface area contributed by atoms with Crippen molar-refractivity contribution in [1.29, 1.82) is 0 Å². The smallest absolute Gasteiger partial charge is 0.261 e. The normalized spacial score (nSPS) is 10.4. The fraction of sp³-hybridized carbons (Fsp3) is 0.154. The molecule has 4 nitrogen and oxygen atoms in total. The van der Waals surface area contributed by atoms with Crippen LogP contribution in [0.3, 0.4) is 0 Å². The Hall–Kier alpha value is -1.75. The van der Waals surface area contributed by atoms with Gasteiger partial charge in [-0.1, -0.05) is 15.9 Å². The lowest BCUT2D eigenvalue weighted by Gasteiger charge is -2.19. The molecule has 1 aromatic heterocycles. The van der Waals surface area contributed by atoms with Crippen LogP contribution in [0.2, 0.25) is 0 Å². The van der Waals surface area contributed by atoms with E-state index in [1.807, 2.05) is 6.07 Å². The van der Waals surface area contributed by atoms with Crippen LogP contribution in [0.25, 0.3) is 0 Å². The second kappa shape index (κ2) is 4.86. The van der Waals surface area contributed by atoms with Gasteiger partial charge >= 0.3 is 0 Å². The molecule has 0 bridgehead atoms. The molecule has 2 N–H and O–H groups in total. The number of halogens is 1. The van der Waals surface area contributed by atoms with Crippen LogP contribution in [0.1, 0.15) is 16.1 Å². The second-order valence-electron chi connectivity index (χ2n) is 3.96.